The molecule has 1 unspecified atom stereocenters. The maximum absolute atomic E-state index is 3.65. The summed E-state index contributed by atoms with van der Waals surface area (Å²) in [4.78, 5) is 2.73. The summed E-state index contributed by atoms with van der Waals surface area (Å²) in [5, 5.41) is 3.65. The third-order valence-electron chi connectivity index (χ3n) is 3.91. The summed E-state index contributed by atoms with van der Waals surface area (Å²) in [5.74, 6) is 2.35. The van der Waals surface area contributed by atoms with Crippen molar-refractivity contribution < 1.29 is 0 Å². The van der Waals surface area contributed by atoms with Crippen molar-refractivity contribution in [1.29, 1.82) is 0 Å². The third-order valence-corrected chi connectivity index (χ3v) is 3.91. The quantitative estimate of drug-likeness (QED) is 0.571. The molecule has 0 heterocycles. The molecule has 2 nitrogen and oxygen atoms in total. The van der Waals surface area contributed by atoms with Gasteiger partial charge < -0.3 is 5.32 Å². The van der Waals surface area contributed by atoms with E-state index in [9.17, 15) is 0 Å². The Balaban J connectivity index is 4.33. The molecule has 0 aromatic carbocycles. The highest BCUT2D eigenvalue weighted by molar-refractivity contribution is 4.74. The Morgan fingerprint density at radius 3 is 1.60 bits per heavy atom. The lowest BCUT2D eigenvalue weighted by molar-refractivity contribution is 0.167. The standard InChI is InChI=1S/C18H40N2/c1-8-18(14-19-13-17(6)7)20(11-9-15(2)3)12-10-16(4)5/h15-19H,8-14H2,1-7H3. The van der Waals surface area contributed by atoms with E-state index in [1.165, 1.54) is 32.4 Å². The van der Waals surface area contributed by atoms with Gasteiger partial charge in [-0.15, -0.1) is 0 Å². The number of rotatable bonds is 12. The fraction of sp³-hybridized carbons (Fsp3) is 1.00. The van der Waals surface area contributed by atoms with Crippen LogP contribution < -0.4 is 5.32 Å². The molecule has 0 rings (SSSR count). The molecule has 1 atom stereocenters. The highest BCUT2D eigenvalue weighted by Gasteiger charge is 2.17. The first-order chi connectivity index (χ1) is 9.36. The van der Waals surface area contributed by atoms with Gasteiger partial charge >= 0.3 is 0 Å². The lowest BCUT2D eigenvalue weighted by Crippen LogP contribution is -2.44. The minimum atomic E-state index is 0.700. The smallest absolute Gasteiger partial charge is 0.0218 e. The molecule has 0 aliphatic carbocycles. The molecule has 0 bridgehead atoms. The fourth-order valence-electron chi connectivity index (χ4n) is 2.40. The summed E-state index contributed by atoms with van der Waals surface area (Å²) < 4.78 is 0. The molecule has 20 heavy (non-hydrogen) atoms. The molecule has 0 radical (unpaired) electrons. The van der Waals surface area contributed by atoms with Crippen LogP contribution >= 0.6 is 0 Å². The third kappa shape index (κ3) is 10.7. The molecule has 0 spiro atoms. The van der Waals surface area contributed by atoms with Gasteiger partial charge in [-0.2, -0.15) is 0 Å². The molecule has 0 saturated carbocycles. The van der Waals surface area contributed by atoms with Gasteiger partial charge in [0.25, 0.3) is 0 Å². The summed E-state index contributed by atoms with van der Waals surface area (Å²) in [7, 11) is 0. The van der Waals surface area contributed by atoms with Gasteiger partial charge in [-0.1, -0.05) is 48.5 Å². The molecule has 0 aliphatic rings. The average molecular weight is 285 g/mol. The van der Waals surface area contributed by atoms with E-state index in [0.717, 1.165) is 30.8 Å². The van der Waals surface area contributed by atoms with E-state index in [-0.39, 0.29) is 0 Å². The predicted molar refractivity (Wildman–Crippen MR) is 92.3 cm³/mol. The van der Waals surface area contributed by atoms with Crippen LogP contribution in [0, 0.1) is 17.8 Å². The largest absolute Gasteiger partial charge is 0.315 e. The molecule has 122 valence electrons. The Morgan fingerprint density at radius 1 is 0.750 bits per heavy atom. The van der Waals surface area contributed by atoms with Crippen LogP contribution in [-0.4, -0.2) is 37.1 Å². The first-order valence-corrected chi connectivity index (χ1v) is 8.81. The number of nitrogens with one attached hydrogen (secondary N) is 1. The molecule has 1 N–H and O–H groups in total. The van der Waals surface area contributed by atoms with E-state index >= 15 is 0 Å². The summed E-state index contributed by atoms with van der Waals surface area (Å²) in [6.45, 7) is 21.0. The van der Waals surface area contributed by atoms with Crippen molar-refractivity contribution in [3.8, 4) is 0 Å². The second-order valence-electron chi connectivity index (χ2n) is 7.52. The van der Waals surface area contributed by atoms with Crippen molar-refractivity contribution in [1.82, 2.24) is 10.2 Å². The van der Waals surface area contributed by atoms with Crippen LogP contribution in [-0.2, 0) is 0 Å². The minimum absolute atomic E-state index is 0.700. The zero-order valence-electron chi connectivity index (χ0n) is 15.2. The lowest BCUT2D eigenvalue weighted by Gasteiger charge is -2.32. The van der Waals surface area contributed by atoms with Gasteiger partial charge in [0, 0.05) is 12.6 Å². The van der Waals surface area contributed by atoms with Crippen molar-refractivity contribution in [3.63, 3.8) is 0 Å². The Kier molecular flexibility index (Phi) is 11.5. The topological polar surface area (TPSA) is 15.3 Å². The summed E-state index contributed by atoms with van der Waals surface area (Å²) in [5.41, 5.74) is 0. The van der Waals surface area contributed by atoms with Crippen molar-refractivity contribution in [2.45, 2.75) is 73.8 Å². The second kappa shape index (κ2) is 11.6. The van der Waals surface area contributed by atoms with E-state index in [0.29, 0.717) is 6.04 Å². The average Bonchev–Trinajstić information content (AvgIpc) is 2.34. The van der Waals surface area contributed by atoms with E-state index in [1.807, 2.05) is 0 Å². The SMILES string of the molecule is CCC(CNCC(C)C)N(CCC(C)C)CCC(C)C. The van der Waals surface area contributed by atoms with Gasteiger partial charge in [0.15, 0.2) is 0 Å². The summed E-state index contributed by atoms with van der Waals surface area (Å²) >= 11 is 0. The molecule has 0 aromatic rings. The number of hydrogen-bond acceptors (Lipinski definition) is 2. The van der Waals surface area contributed by atoms with E-state index in [4.69, 9.17) is 0 Å². The van der Waals surface area contributed by atoms with Gasteiger partial charge in [0.1, 0.15) is 0 Å². The van der Waals surface area contributed by atoms with Crippen LogP contribution in [0.25, 0.3) is 0 Å². The van der Waals surface area contributed by atoms with Gasteiger partial charge in [-0.25, -0.2) is 0 Å². The molecule has 0 fully saturated rings. The van der Waals surface area contributed by atoms with Crippen LogP contribution in [0.3, 0.4) is 0 Å². The fourth-order valence-corrected chi connectivity index (χ4v) is 2.40. The van der Waals surface area contributed by atoms with Gasteiger partial charge in [-0.3, -0.25) is 4.90 Å². The first-order valence-electron chi connectivity index (χ1n) is 8.81. The predicted octanol–water partition coefficient (Wildman–Crippen LogP) is 4.40. The molecule has 0 aromatic heterocycles. The molecule has 0 aliphatic heterocycles. The molecular weight excluding hydrogens is 244 g/mol. The normalized spacial score (nSPS) is 13.9. The maximum atomic E-state index is 3.65. The molecule has 2 heteroatoms. The van der Waals surface area contributed by atoms with Crippen LogP contribution in [0.1, 0.15) is 67.7 Å². The van der Waals surface area contributed by atoms with Crippen LogP contribution in [0.5, 0.6) is 0 Å². The highest BCUT2D eigenvalue weighted by Crippen LogP contribution is 2.12. The van der Waals surface area contributed by atoms with Crippen molar-refractivity contribution in [3.05, 3.63) is 0 Å². The monoisotopic (exact) mass is 284 g/mol. The Labute approximate surface area is 128 Å². The van der Waals surface area contributed by atoms with Crippen LogP contribution in [0.15, 0.2) is 0 Å². The summed E-state index contributed by atoms with van der Waals surface area (Å²) in [6.07, 6.45) is 3.89. The Bertz CT molecular complexity index is 199. The van der Waals surface area contributed by atoms with Crippen molar-refractivity contribution in [2.75, 3.05) is 26.2 Å². The van der Waals surface area contributed by atoms with Gasteiger partial charge in [-0.05, 0) is 56.7 Å². The molecular formula is C18H40N2. The van der Waals surface area contributed by atoms with Crippen LogP contribution in [0.4, 0.5) is 0 Å². The van der Waals surface area contributed by atoms with Gasteiger partial charge in [0.2, 0.25) is 0 Å². The van der Waals surface area contributed by atoms with Crippen LogP contribution in [0.2, 0.25) is 0 Å². The zero-order chi connectivity index (χ0) is 15.5. The van der Waals surface area contributed by atoms with Gasteiger partial charge in [0.05, 0.1) is 0 Å². The molecule has 0 amide bonds. The van der Waals surface area contributed by atoms with Crippen molar-refractivity contribution in [2.24, 2.45) is 17.8 Å². The molecule has 0 saturated heterocycles. The Morgan fingerprint density at radius 2 is 1.25 bits per heavy atom. The van der Waals surface area contributed by atoms with E-state index in [2.05, 4.69) is 58.7 Å². The Hall–Kier alpha value is -0.0800. The van der Waals surface area contributed by atoms with E-state index < -0.39 is 0 Å². The second-order valence-corrected chi connectivity index (χ2v) is 7.52. The lowest BCUT2D eigenvalue weighted by atomic mass is 10.1. The zero-order valence-corrected chi connectivity index (χ0v) is 15.2. The maximum Gasteiger partial charge on any atom is 0.0218 e. The van der Waals surface area contributed by atoms with E-state index in [1.54, 1.807) is 0 Å². The first kappa shape index (κ1) is 19.9. The minimum Gasteiger partial charge on any atom is -0.315 e. The number of hydrogen-bond donors (Lipinski definition) is 1. The highest BCUT2D eigenvalue weighted by atomic mass is 15.2. The summed E-state index contributed by atoms with van der Waals surface area (Å²) in [6, 6.07) is 0.700. The van der Waals surface area contributed by atoms with Crippen molar-refractivity contribution >= 4 is 0 Å². The number of nitrogens with zero attached hydrogens (tertiary/aromatic N) is 1.